The molecule has 3 aromatic carbocycles. The SMILES string of the molecule is COc1ccc(S(=O)(=O)N(C)c2ccccc2)cc1-c1ccc(CN2CCCCC[C@@H]2c2ccccc2)[nH]1.O=C(O)C(=O)O. The van der Waals surface area contributed by atoms with E-state index in [4.69, 9.17) is 24.5 Å². The van der Waals surface area contributed by atoms with Crippen LogP contribution in [0.1, 0.15) is 43.0 Å². The van der Waals surface area contributed by atoms with Crippen LogP contribution in [0, 0.1) is 0 Å². The largest absolute Gasteiger partial charge is 0.496 e. The van der Waals surface area contributed by atoms with Crippen LogP contribution in [0.25, 0.3) is 11.3 Å². The average molecular weight is 620 g/mol. The second kappa shape index (κ2) is 14.7. The molecule has 11 heteroatoms. The standard InChI is InChI=1S/C31H35N3O3S.C2H2O4/c1-33(26-14-8-4-9-15-26)38(35,36)27-18-20-31(37-2)28(22-27)29-19-17-25(32-29)23-34-21-11-5-10-16-30(34)24-12-6-3-7-13-24;3-1(4)2(5)6/h3-4,6-9,12-15,17-20,22,30,32H,5,10-11,16,21,23H2,1-2H3;(H,3,4)(H,5,6)/t30-;/m1./s1. The number of aromatic amines is 1. The number of aliphatic carboxylic acids is 2. The van der Waals surface area contributed by atoms with Crippen molar-refractivity contribution in [2.24, 2.45) is 0 Å². The summed E-state index contributed by atoms with van der Waals surface area (Å²) in [5.74, 6) is -3.03. The van der Waals surface area contributed by atoms with Crippen LogP contribution < -0.4 is 9.04 Å². The van der Waals surface area contributed by atoms with Gasteiger partial charge in [0.1, 0.15) is 5.75 Å². The van der Waals surface area contributed by atoms with Crippen LogP contribution in [-0.4, -0.2) is 61.2 Å². The molecule has 44 heavy (non-hydrogen) atoms. The van der Waals surface area contributed by atoms with Gasteiger partial charge in [-0.1, -0.05) is 61.4 Å². The Labute approximate surface area is 257 Å². The summed E-state index contributed by atoms with van der Waals surface area (Å²) in [6.07, 6.45) is 4.84. The molecule has 1 atom stereocenters. The third kappa shape index (κ3) is 7.86. The van der Waals surface area contributed by atoms with Gasteiger partial charge >= 0.3 is 11.9 Å². The number of nitrogens with zero attached hydrogens (tertiary/aromatic N) is 2. The minimum absolute atomic E-state index is 0.215. The first-order chi connectivity index (χ1) is 21.1. The number of methoxy groups -OCH3 is 1. The lowest BCUT2D eigenvalue weighted by Crippen LogP contribution is -2.28. The third-order valence-corrected chi connectivity index (χ3v) is 9.37. The first-order valence-electron chi connectivity index (χ1n) is 14.3. The molecule has 232 valence electrons. The first kappa shape index (κ1) is 32.3. The summed E-state index contributed by atoms with van der Waals surface area (Å²) in [6.45, 7) is 1.85. The third-order valence-electron chi connectivity index (χ3n) is 7.59. The predicted molar refractivity (Wildman–Crippen MR) is 168 cm³/mol. The van der Waals surface area contributed by atoms with Crippen molar-refractivity contribution < 1.29 is 33.0 Å². The number of hydrogen-bond acceptors (Lipinski definition) is 6. The number of benzene rings is 3. The van der Waals surface area contributed by atoms with Crippen molar-refractivity contribution in [3.8, 4) is 17.0 Å². The molecular weight excluding hydrogens is 582 g/mol. The van der Waals surface area contributed by atoms with Gasteiger partial charge in [-0.05, 0) is 67.4 Å². The number of rotatable bonds is 8. The van der Waals surface area contributed by atoms with Gasteiger partial charge in [-0.25, -0.2) is 18.0 Å². The number of carboxylic acid groups (broad SMARTS) is 2. The Balaban J connectivity index is 0.000000670. The highest BCUT2D eigenvalue weighted by Gasteiger charge is 2.25. The van der Waals surface area contributed by atoms with Gasteiger partial charge in [-0.3, -0.25) is 9.21 Å². The van der Waals surface area contributed by atoms with Gasteiger partial charge in [0.05, 0.1) is 17.7 Å². The average Bonchev–Trinajstić information content (AvgIpc) is 3.38. The number of likely N-dealkylation sites (tertiary alicyclic amines) is 1. The summed E-state index contributed by atoms with van der Waals surface area (Å²) in [5.41, 5.74) is 4.62. The number of anilines is 1. The molecule has 0 spiro atoms. The second-order valence-electron chi connectivity index (χ2n) is 10.4. The van der Waals surface area contributed by atoms with E-state index in [0.717, 1.165) is 36.5 Å². The van der Waals surface area contributed by atoms with Crippen LogP contribution in [0.5, 0.6) is 5.75 Å². The van der Waals surface area contributed by atoms with E-state index in [1.807, 2.05) is 24.3 Å². The lowest BCUT2D eigenvalue weighted by molar-refractivity contribution is -0.159. The molecule has 3 N–H and O–H groups in total. The summed E-state index contributed by atoms with van der Waals surface area (Å²) in [5, 5.41) is 14.8. The number of ether oxygens (including phenoxy) is 1. The number of H-pyrrole nitrogens is 1. The van der Waals surface area contributed by atoms with Gasteiger partial charge in [0.2, 0.25) is 0 Å². The molecule has 0 saturated carbocycles. The van der Waals surface area contributed by atoms with Gasteiger partial charge in [-0.15, -0.1) is 0 Å². The monoisotopic (exact) mass is 619 g/mol. The summed E-state index contributed by atoms with van der Waals surface area (Å²) in [6, 6.07) is 29.4. The lowest BCUT2D eigenvalue weighted by Gasteiger charge is -2.30. The topological polar surface area (TPSA) is 140 Å². The molecule has 0 unspecified atom stereocenters. The summed E-state index contributed by atoms with van der Waals surface area (Å²) in [4.78, 5) is 24.5. The van der Waals surface area contributed by atoms with Gasteiger partial charge in [0, 0.05) is 36.6 Å². The van der Waals surface area contributed by atoms with Gasteiger partial charge < -0.3 is 19.9 Å². The van der Waals surface area contributed by atoms with Gasteiger partial charge in [0.25, 0.3) is 10.0 Å². The molecule has 1 aliphatic rings. The van der Waals surface area contributed by atoms with Crippen molar-refractivity contribution in [3.63, 3.8) is 0 Å². The zero-order valence-electron chi connectivity index (χ0n) is 24.7. The Hall–Kier alpha value is -4.61. The van der Waals surface area contributed by atoms with E-state index in [0.29, 0.717) is 17.5 Å². The minimum atomic E-state index is -3.75. The number of para-hydroxylation sites is 1. The molecule has 1 aromatic heterocycles. The zero-order valence-corrected chi connectivity index (χ0v) is 25.5. The lowest BCUT2D eigenvalue weighted by atomic mass is 10.0. The number of hydrogen-bond donors (Lipinski definition) is 3. The molecular formula is C33H37N3O7S. The van der Waals surface area contributed by atoms with E-state index in [-0.39, 0.29) is 4.90 Å². The number of sulfonamides is 1. The van der Waals surface area contributed by atoms with Crippen LogP contribution in [0.2, 0.25) is 0 Å². The number of aromatic nitrogens is 1. The van der Waals surface area contributed by atoms with Crippen LogP contribution in [0.3, 0.4) is 0 Å². The number of carbonyl (C=O) groups is 2. The van der Waals surface area contributed by atoms with E-state index < -0.39 is 22.0 Å². The van der Waals surface area contributed by atoms with Crippen molar-refractivity contribution in [1.82, 2.24) is 9.88 Å². The highest BCUT2D eigenvalue weighted by molar-refractivity contribution is 7.92. The van der Waals surface area contributed by atoms with Gasteiger partial charge in [-0.2, -0.15) is 0 Å². The molecule has 10 nitrogen and oxygen atoms in total. The van der Waals surface area contributed by atoms with E-state index in [1.54, 1.807) is 44.5 Å². The van der Waals surface area contributed by atoms with E-state index in [2.05, 4.69) is 46.3 Å². The highest BCUT2D eigenvalue weighted by atomic mass is 32.2. The Kier molecular flexibility index (Phi) is 10.8. The Bertz CT molecular complexity index is 1650. The Morgan fingerprint density at radius 3 is 2.20 bits per heavy atom. The zero-order chi connectivity index (χ0) is 31.7. The minimum Gasteiger partial charge on any atom is -0.496 e. The molecule has 0 bridgehead atoms. The van der Waals surface area contributed by atoms with E-state index in [9.17, 15) is 8.42 Å². The molecule has 4 aromatic rings. The van der Waals surface area contributed by atoms with Gasteiger partial charge in [0.15, 0.2) is 0 Å². The van der Waals surface area contributed by atoms with Crippen LogP contribution >= 0.6 is 0 Å². The molecule has 0 amide bonds. The summed E-state index contributed by atoms with van der Waals surface area (Å²) < 4.78 is 33.8. The fraction of sp³-hybridized carbons (Fsp3) is 0.273. The van der Waals surface area contributed by atoms with Crippen LogP contribution in [0.15, 0.2) is 95.9 Å². The fourth-order valence-corrected chi connectivity index (χ4v) is 6.53. The van der Waals surface area contributed by atoms with E-state index >= 15 is 0 Å². The smallest absolute Gasteiger partial charge is 0.414 e. The molecule has 2 heterocycles. The molecule has 0 aliphatic carbocycles. The quantitative estimate of drug-likeness (QED) is 0.211. The number of nitrogens with one attached hydrogen (secondary N) is 1. The fourth-order valence-electron chi connectivity index (χ4n) is 5.31. The summed E-state index contributed by atoms with van der Waals surface area (Å²) in [7, 11) is -0.569. The molecule has 0 radical (unpaired) electrons. The van der Waals surface area contributed by atoms with Crippen LogP contribution in [-0.2, 0) is 26.2 Å². The Morgan fingerprint density at radius 2 is 1.57 bits per heavy atom. The molecule has 1 fully saturated rings. The highest BCUT2D eigenvalue weighted by Crippen LogP contribution is 2.35. The predicted octanol–water partition coefficient (Wildman–Crippen LogP) is 5.79. The van der Waals surface area contributed by atoms with Crippen molar-refractivity contribution in [2.45, 2.75) is 43.2 Å². The van der Waals surface area contributed by atoms with Crippen LogP contribution in [0.4, 0.5) is 5.69 Å². The number of carboxylic acids is 2. The van der Waals surface area contributed by atoms with Crippen molar-refractivity contribution in [1.29, 1.82) is 0 Å². The molecule has 5 rings (SSSR count). The first-order valence-corrected chi connectivity index (χ1v) is 15.7. The summed E-state index contributed by atoms with van der Waals surface area (Å²) >= 11 is 0. The maximum atomic E-state index is 13.5. The maximum absolute atomic E-state index is 13.5. The van der Waals surface area contributed by atoms with Crippen molar-refractivity contribution in [2.75, 3.05) is 25.0 Å². The maximum Gasteiger partial charge on any atom is 0.414 e. The van der Waals surface area contributed by atoms with Crippen molar-refractivity contribution >= 4 is 27.6 Å². The molecule has 1 aliphatic heterocycles. The molecule has 1 saturated heterocycles. The van der Waals surface area contributed by atoms with E-state index in [1.165, 1.54) is 29.1 Å². The Morgan fingerprint density at radius 1 is 0.909 bits per heavy atom. The second-order valence-corrected chi connectivity index (χ2v) is 12.4. The van der Waals surface area contributed by atoms with Crippen molar-refractivity contribution in [3.05, 3.63) is 102 Å². The normalized spacial score (nSPS) is 15.4.